The number of para-hydroxylation sites is 1. The highest BCUT2D eigenvalue weighted by molar-refractivity contribution is 7.71. The summed E-state index contributed by atoms with van der Waals surface area (Å²) in [5.41, 5.74) is 1.03. The fraction of sp³-hybridized carbons (Fsp3) is 0. The van der Waals surface area contributed by atoms with Crippen LogP contribution in [0.15, 0.2) is 29.1 Å². The minimum absolute atomic E-state index is 0.276. The van der Waals surface area contributed by atoms with Gasteiger partial charge in [-0.2, -0.15) is 5.10 Å². The quantitative estimate of drug-likeness (QED) is 0.558. The first-order chi connectivity index (χ1) is 7.27. The molecule has 15 heavy (non-hydrogen) atoms. The van der Waals surface area contributed by atoms with Crippen LogP contribution in [0.2, 0.25) is 0 Å². The number of fused-ring (bicyclic) bond motifs is 3. The van der Waals surface area contributed by atoms with E-state index in [1.165, 1.54) is 4.40 Å². The Morgan fingerprint density at radius 3 is 3.00 bits per heavy atom. The maximum absolute atomic E-state index is 11.7. The molecule has 0 fully saturated rings. The zero-order chi connectivity index (χ0) is 10.4. The van der Waals surface area contributed by atoms with Gasteiger partial charge in [0.1, 0.15) is 0 Å². The summed E-state index contributed by atoms with van der Waals surface area (Å²) in [5, 5.41) is 7.50. The first kappa shape index (κ1) is 8.37. The minimum Gasteiger partial charge on any atom is -0.306 e. The monoisotopic (exact) mass is 218 g/mol. The second-order valence-electron chi connectivity index (χ2n) is 3.16. The molecule has 0 unspecified atom stereocenters. The van der Waals surface area contributed by atoms with Crippen molar-refractivity contribution in [3.8, 4) is 0 Å². The summed E-state index contributed by atoms with van der Waals surface area (Å²) in [5.74, 6) is 0. The van der Waals surface area contributed by atoms with Crippen molar-refractivity contribution < 1.29 is 0 Å². The van der Waals surface area contributed by atoms with Gasteiger partial charge < -0.3 is 4.98 Å². The predicted molar refractivity (Wildman–Crippen MR) is 58.5 cm³/mol. The Morgan fingerprint density at radius 2 is 2.13 bits per heavy atom. The number of H-pyrrole nitrogens is 2. The summed E-state index contributed by atoms with van der Waals surface area (Å²) in [4.78, 5) is 14.4. The van der Waals surface area contributed by atoms with Gasteiger partial charge in [-0.15, -0.1) is 0 Å². The van der Waals surface area contributed by atoms with Gasteiger partial charge in [-0.3, -0.25) is 5.10 Å². The number of aromatic nitrogens is 4. The molecular formula is C9H6N4OS. The number of nitrogens with zero attached hydrogens (tertiary/aromatic N) is 2. The third-order valence-electron chi connectivity index (χ3n) is 2.29. The molecule has 0 aliphatic carbocycles. The average Bonchev–Trinajstić information content (AvgIpc) is 2.62. The van der Waals surface area contributed by atoms with Crippen LogP contribution in [0.3, 0.4) is 0 Å². The molecule has 0 saturated heterocycles. The molecule has 0 aliphatic rings. The lowest BCUT2D eigenvalue weighted by molar-refractivity contribution is 0.997. The smallest absolute Gasteiger partial charge is 0.306 e. The normalized spacial score (nSPS) is 11.2. The van der Waals surface area contributed by atoms with Crippen molar-refractivity contribution in [3.63, 3.8) is 0 Å². The SMILES string of the molecule is O=c1[nH]c2ccccc2c2n[nH]c(=S)n12. The van der Waals surface area contributed by atoms with Crippen molar-refractivity contribution in [2.24, 2.45) is 0 Å². The van der Waals surface area contributed by atoms with E-state index in [1.54, 1.807) is 0 Å². The number of benzene rings is 1. The second-order valence-corrected chi connectivity index (χ2v) is 3.55. The van der Waals surface area contributed by atoms with E-state index in [-0.39, 0.29) is 5.69 Å². The third-order valence-corrected chi connectivity index (χ3v) is 2.56. The van der Waals surface area contributed by atoms with E-state index in [9.17, 15) is 4.79 Å². The van der Waals surface area contributed by atoms with Gasteiger partial charge in [-0.05, 0) is 24.4 Å². The van der Waals surface area contributed by atoms with Crippen LogP contribution in [0.1, 0.15) is 0 Å². The molecule has 1 aromatic carbocycles. The largest absolute Gasteiger partial charge is 0.334 e. The number of rotatable bonds is 0. The van der Waals surface area contributed by atoms with Gasteiger partial charge >= 0.3 is 5.69 Å². The highest BCUT2D eigenvalue weighted by Crippen LogP contribution is 2.13. The molecule has 3 rings (SSSR count). The summed E-state index contributed by atoms with van der Waals surface area (Å²) in [6, 6.07) is 7.46. The molecule has 0 saturated carbocycles. The van der Waals surface area contributed by atoms with Crippen LogP contribution in [-0.2, 0) is 0 Å². The van der Waals surface area contributed by atoms with Crippen molar-refractivity contribution in [3.05, 3.63) is 39.5 Å². The molecule has 2 N–H and O–H groups in total. The lowest BCUT2D eigenvalue weighted by Gasteiger charge is -1.97. The molecule has 2 aromatic heterocycles. The second kappa shape index (κ2) is 2.77. The van der Waals surface area contributed by atoms with Gasteiger partial charge in [0.25, 0.3) is 0 Å². The first-order valence-corrected chi connectivity index (χ1v) is 4.76. The molecule has 6 heteroatoms. The lowest BCUT2D eigenvalue weighted by atomic mass is 10.2. The minimum atomic E-state index is -0.276. The Balaban J connectivity index is 2.78. The van der Waals surface area contributed by atoms with Gasteiger partial charge in [0.2, 0.25) is 4.77 Å². The van der Waals surface area contributed by atoms with Crippen LogP contribution < -0.4 is 5.69 Å². The number of hydrogen-bond acceptors (Lipinski definition) is 3. The van der Waals surface area contributed by atoms with E-state index in [0.29, 0.717) is 10.4 Å². The van der Waals surface area contributed by atoms with E-state index >= 15 is 0 Å². The molecule has 0 aliphatic heterocycles. The number of nitrogens with one attached hydrogen (secondary N) is 2. The average molecular weight is 218 g/mol. The molecular weight excluding hydrogens is 212 g/mol. The summed E-state index contributed by atoms with van der Waals surface area (Å²) in [6.45, 7) is 0. The number of aromatic amines is 2. The molecule has 2 heterocycles. The summed E-state index contributed by atoms with van der Waals surface area (Å²) >= 11 is 4.96. The van der Waals surface area contributed by atoms with Crippen LogP contribution in [0.4, 0.5) is 0 Å². The first-order valence-electron chi connectivity index (χ1n) is 4.35. The van der Waals surface area contributed by atoms with Crippen molar-refractivity contribution in [1.82, 2.24) is 19.6 Å². The highest BCUT2D eigenvalue weighted by Gasteiger charge is 2.06. The van der Waals surface area contributed by atoms with Crippen LogP contribution in [0.5, 0.6) is 0 Å². The summed E-state index contributed by atoms with van der Waals surface area (Å²) < 4.78 is 1.65. The van der Waals surface area contributed by atoms with E-state index in [1.807, 2.05) is 24.3 Å². The van der Waals surface area contributed by atoms with Gasteiger partial charge in [0, 0.05) is 5.39 Å². The molecule has 0 bridgehead atoms. The standard InChI is InChI=1S/C9H6N4OS/c14-8-10-6-4-2-1-3-5(6)7-11-12-9(15)13(7)8/h1-4H,(H,10,14)(H,12,15). The Morgan fingerprint density at radius 1 is 1.33 bits per heavy atom. The van der Waals surface area contributed by atoms with Crippen molar-refractivity contribution in [2.75, 3.05) is 0 Å². The Labute approximate surface area is 88.4 Å². The third kappa shape index (κ3) is 1.05. The Hall–Kier alpha value is -1.95. The van der Waals surface area contributed by atoms with Gasteiger partial charge in [-0.25, -0.2) is 9.20 Å². The van der Waals surface area contributed by atoms with Crippen LogP contribution in [0.25, 0.3) is 16.6 Å². The van der Waals surface area contributed by atoms with E-state index in [4.69, 9.17) is 12.2 Å². The van der Waals surface area contributed by atoms with Gasteiger partial charge in [0.15, 0.2) is 5.65 Å². The lowest BCUT2D eigenvalue weighted by Crippen LogP contribution is -2.16. The fourth-order valence-corrected chi connectivity index (χ4v) is 1.84. The molecule has 0 radical (unpaired) electrons. The molecule has 74 valence electrons. The maximum Gasteiger partial charge on any atom is 0.334 e. The molecule has 0 spiro atoms. The van der Waals surface area contributed by atoms with E-state index < -0.39 is 0 Å². The topological polar surface area (TPSA) is 66.0 Å². The fourth-order valence-electron chi connectivity index (χ4n) is 1.62. The Kier molecular flexibility index (Phi) is 1.54. The predicted octanol–water partition coefficient (Wildman–Crippen LogP) is 1.23. The van der Waals surface area contributed by atoms with Crippen LogP contribution >= 0.6 is 12.2 Å². The maximum atomic E-state index is 11.7. The number of hydrogen-bond donors (Lipinski definition) is 2. The molecule has 3 aromatic rings. The zero-order valence-corrected chi connectivity index (χ0v) is 8.34. The van der Waals surface area contributed by atoms with Gasteiger partial charge in [0.05, 0.1) is 5.52 Å². The molecule has 0 amide bonds. The Bertz CT molecular complexity index is 767. The van der Waals surface area contributed by atoms with E-state index in [0.717, 1.165) is 10.9 Å². The van der Waals surface area contributed by atoms with Crippen LogP contribution in [-0.4, -0.2) is 19.6 Å². The molecule has 5 nitrogen and oxygen atoms in total. The van der Waals surface area contributed by atoms with Crippen molar-refractivity contribution in [1.29, 1.82) is 0 Å². The highest BCUT2D eigenvalue weighted by atomic mass is 32.1. The summed E-state index contributed by atoms with van der Waals surface area (Å²) in [7, 11) is 0. The van der Waals surface area contributed by atoms with Gasteiger partial charge in [-0.1, -0.05) is 12.1 Å². The van der Waals surface area contributed by atoms with E-state index in [2.05, 4.69) is 15.2 Å². The van der Waals surface area contributed by atoms with Crippen molar-refractivity contribution >= 4 is 28.8 Å². The molecule has 0 atom stereocenters. The zero-order valence-electron chi connectivity index (χ0n) is 7.52. The van der Waals surface area contributed by atoms with Crippen molar-refractivity contribution in [2.45, 2.75) is 0 Å². The summed E-state index contributed by atoms with van der Waals surface area (Å²) in [6.07, 6.45) is 0. The van der Waals surface area contributed by atoms with Crippen LogP contribution in [0, 0.1) is 4.77 Å².